The molecule has 1 aliphatic carbocycles. The van der Waals surface area contributed by atoms with E-state index >= 15 is 0 Å². The molecule has 0 radical (unpaired) electrons. The second kappa shape index (κ2) is 7.42. The minimum absolute atomic E-state index is 0.0142. The van der Waals surface area contributed by atoms with Gasteiger partial charge in [-0.05, 0) is 50.2 Å². The van der Waals surface area contributed by atoms with Gasteiger partial charge in [0.2, 0.25) is 5.91 Å². The molecule has 4 aliphatic heterocycles. The third-order valence-electron chi connectivity index (χ3n) is 6.88. The van der Waals surface area contributed by atoms with E-state index in [1.165, 1.54) is 0 Å². The molecule has 8 heteroatoms. The van der Waals surface area contributed by atoms with E-state index in [-0.39, 0.29) is 23.8 Å². The number of fused-ring (bicyclic) bond motifs is 5. The third-order valence-corrected chi connectivity index (χ3v) is 6.88. The van der Waals surface area contributed by atoms with Gasteiger partial charge in [-0.1, -0.05) is 6.07 Å². The second-order valence-corrected chi connectivity index (χ2v) is 8.65. The van der Waals surface area contributed by atoms with Crippen molar-refractivity contribution in [2.24, 2.45) is 11.8 Å². The van der Waals surface area contributed by atoms with Gasteiger partial charge in [-0.25, -0.2) is 10.9 Å². The topological polar surface area (TPSA) is 89.6 Å². The van der Waals surface area contributed by atoms with E-state index in [0.717, 1.165) is 45.2 Å². The maximum absolute atomic E-state index is 13.4. The van der Waals surface area contributed by atoms with Crippen molar-refractivity contribution < 1.29 is 9.59 Å². The average molecular weight is 384 g/mol. The highest BCUT2D eigenvalue weighted by molar-refractivity contribution is 5.92. The van der Waals surface area contributed by atoms with Gasteiger partial charge < -0.3 is 9.80 Å². The van der Waals surface area contributed by atoms with E-state index in [1.54, 1.807) is 12.3 Å². The molecule has 1 saturated carbocycles. The van der Waals surface area contributed by atoms with Crippen molar-refractivity contribution in [3.8, 4) is 0 Å². The van der Waals surface area contributed by atoms with Crippen LogP contribution in [-0.4, -0.2) is 64.4 Å². The molecule has 4 saturated heterocycles. The van der Waals surface area contributed by atoms with Crippen LogP contribution in [0.3, 0.4) is 0 Å². The Hall–Kier alpha value is -2.03. The first-order valence-electron chi connectivity index (χ1n) is 10.5. The number of hydrazine groups is 2. The van der Waals surface area contributed by atoms with Crippen molar-refractivity contribution in [3.05, 3.63) is 30.1 Å². The van der Waals surface area contributed by atoms with E-state index in [2.05, 4.69) is 26.3 Å². The Bertz CT molecular complexity index is 743. The first-order chi connectivity index (χ1) is 13.7. The van der Waals surface area contributed by atoms with Crippen LogP contribution in [0, 0.1) is 11.8 Å². The number of pyridine rings is 1. The fourth-order valence-corrected chi connectivity index (χ4v) is 5.36. The minimum atomic E-state index is -0.0142. The zero-order valence-electron chi connectivity index (χ0n) is 16.0. The lowest BCUT2D eigenvalue weighted by Gasteiger charge is -2.40. The number of piperidine rings is 1. The van der Waals surface area contributed by atoms with Crippen LogP contribution in [0.25, 0.3) is 0 Å². The number of aromatic nitrogens is 1. The number of nitrogens with zero attached hydrogens (tertiary/aromatic N) is 3. The molecule has 5 aliphatic rings. The first-order valence-corrected chi connectivity index (χ1v) is 10.5. The van der Waals surface area contributed by atoms with Crippen LogP contribution in [0.1, 0.15) is 42.6 Å². The molecular formula is C20H28N6O2. The Balaban J connectivity index is 1.29. The summed E-state index contributed by atoms with van der Waals surface area (Å²) in [5.41, 5.74) is 9.97. The fraction of sp³-hybridized carbons (Fsp3) is 0.650. The summed E-state index contributed by atoms with van der Waals surface area (Å²) in [6.45, 7) is 2.13. The first kappa shape index (κ1) is 18.0. The molecule has 2 bridgehead atoms. The second-order valence-electron chi connectivity index (χ2n) is 8.65. The number of amides is 2. The number of carbonyl (C=O) groups is 2. The third kappa shape index (κ3) is 3.29. The standard InChI is InChI=1S/C20H28N6O2/c27-19(14-5-7-16-18(9-14)23-24-22-16)26-11-13-4-6-15(26)12-25(10-13)20(28)17-3-1-2-8-21-17/h1-3,8,13-16,18,22-24H,4-7,9-12H2/t13-,14?,15+,16?,18?/m0/s1. The van der Waals surface area contributed by atoms with Gasteiger partial charge in [-0.2, -0.15) is 5.53 Å². The quantitative estimate of drug-likeness (QED) is 0.679. The van der Waals surface area contributed by atoms with Crippen molar-refractivity contribution in [2.45, 2.75) is 50.2 Å². The van der Waals surface area contributed by atoms with E-state index in [4.69, 9.17) is 0 Å². The number of nitrogens with one attached hydrogen (secondary N) is 3. The Labute approximate surface area is 165 Å². The molecular weight excluding hydrogens is 356 g/mol. The molecule has 5 atom stereocenters. The van der Waals surface area contributed by atoms with E-state index in [0.29, 0.717) is 30.2 Å². The van der Waals surface area contributed by atoms with E-state index < -0.39 is 0 Å². The van der Waals surface area contributed by atoms with Gasteiger partial charge in [0.05, 0.1) is 0 Å². The lowest BCUT2D eigenvalue weighted by atomic mass is 9.81. The van der Waals surface area contributed by atoms with Gasteiger partial charge in [0.25, 0.3) is 5.91 Å². The minimum Gasteiger partial charge on any atom is -0.337 e. The van der Waals surface area contributed by atoms with Crippen LogP contribution in [-0.2, 0) is 4.79 Å². The summed E-state index contributed by atoms with van der Waals surface area (Å²) in [6.07, 6.45) is 6.54. The zero-order valence-corrected chi connectivity index (χ0v) is 16.0. The van der Waals surface area contributed by atoms with Crippen molar-refractivity contribution in [3.63, 3.8) is 0 Å². The maximum atomic E-state index is 13.4. The Morgan fingerprint density at radius 1 is 1.00 bits per heavy atom. The van der Waals surface area contributed by atoms with Crippen molar-refractivity contribution in [2.75, 3.05) is 19.6 Å². The van der Waals surface area contributed by atoms with Crippen molar-refractivity contribution >= 4 is 11.8 Å². The number of hydrogen-bond acceptors (Lipinski definition) is 6. The zero-order chi connectivity index (χ0) is 19.1. The number of rotatable bonds is 2. The molecule has 5 heterocycles. The smallest absolute Gasteiger partial charge is 0.272 e. The van der Waals surface area contributed by atoms with Gasteiger partial charge in [-0.3, -0.25) is 14.6 Å². The molecule has 1 aromatic rings. The highest BCUT2D eigenvalue weighted by atomic mass is 16.2. The van der Waals surface area contributed by atoms with Crippen LogP contribution in [0.15, 0.2) is 24.4 Å². The molecule has 2 amide bonds. The number of carbonyl (C=O) groups excluding carboxylic acids is 2. The molecule has 28 heavy (non-hydrogen) atoms. The molecule has 0 aromatic carbocycles. The SMILES string of the molecule is O=C(c1ccccn1)N1C[C@@H]2CC[C@H](C1)N(C(=O)C1CCC3NNNC3C1)C2. The van der Waals surface area contributed by atoms with Crippen LogP contribution >= 0.6 is 0 Å². The summed E-state index contributed by atoms with van der Waals surface area (Å²) < 4.78 is 0. The predicted molar refractivity (Wildman–Crippen MR) is 103 cm³/mol. The molecule has 8 nitrogen and oxygen atoms in total. The molecule has 0 spiro atoms. The fourth-order valence-electron chi connectivity index (χ4n) is 5.36. The largest absolute Gasteiger partial charge is 0.337 e. The average Bonchev–Trinajstić information content (AvgIpc) is 3.02. The summed E-state index contributed by atoms with van der Waals surface area (Å²) >= 11 is 0. The highest BCUT2D eigenvalue weighted by Crippen LogP contribution is 2.33. The Morgan fingerprint density at radius 2 is 1.89 bits per heavy atom. The summed E-state index contributed by atoms with van der Waals surface area (Å²) in [7, 11) is 0. The highest BCUT2D eigenvalue weighted by Gasteiger charge is 2.43. The predicted octanol–water partition coefficient (Wildman–Crippen LogP) is 0.294. The van der Waals surface area contributed by atoms with E-state index in [9.17, 15) is 9.59 Å². The molecule has 3 N–H and O–H groups in total. The van der Waals surface area contributed by atoms with Gasteiger partial charge in [0, 0.05) is 49.9 Å². The van der Waals surface area contributed by atoms with Gasteiger partial charge in [0.15, 0.2) is 0 Å². The molecule has 3 unspecified atom stereocenters. The van der Waals surface area contributed by atoms with Crippen LogP contribution in [0.5, 0.6) is 0 Å². The molecule has 6 rings (SSSR count). The van der Waals surface area contributed by atoms with Gasteiger partial charge in [0.1, 0.15) is 5.69 Å². The van der Waals surface area contributed by atoms with Gasteiger partial charge >= 0.3 is 0 Å². The summed E-state index contributed by atoms with van der Waals surface area (Å²) in [4.78, 5) is 34.5. The Morgan fingerprint density at radius 3 is 2.75 bits per heavy atom. The summed E-state index contributed by atoms with van der Waals surface area (Å²) in [5, 5.41) is 0. The monoisotopic (exact) mass is 384 g/mol. The summed E-state index contributed by atoms with van der Waals surface area (Å²) in [5.74, 6) is 0.711. The van der Waals surface area contributed by atoms with Crippen molar-refractivity contribution in [1.29, 1.82) is 0 Å². The molecule has 150 valence electrons. The number of hydrogen-bond donors (Lipinski definition) is 3. The molecule has 1 aromatic heterocycles. The summed E-state index contributed by atoms with van der Waals surface area (Å²) in [6, 6.07) is 6.30. The maximum Gasteiger partial charge on any atom is 0.272 e. The normalized spacial score (nSPS) is 34.8. The van der Waals surface area contributed by atoms with Crippen LogP contribution in [0.4, 0.5) is 0 Å². The van der Waals surface area contributed by atoms with Crippen molar-refractivity contribution in [1.82, 2.24) is 31.2 Å². The van der Waals surface area contributed by atoms with Crippen LogP contribution in [0.2, 0.25) is 0 Å². The lowest BCUT2D eigenvalue weighted by molar-refractivity contribution is -0.141. The van der Waals surface area contributed by atoms with Crippen LogP contribution < -0.4 is 16.4 Å². The Kier molecular flexibility index (Phi) is 4.78. The molecule has 5 fully saturated rings. The van der Waals surface area contributed by atoms with E-state index in [1.807, 2.05) is 17.0 Å². The van der Waals surface area contributed by atoms with Gasteiger partial charge in [-0.15, -0.1) is 0 Å². The lowest BCUT2D eigenvalue weighted by Crippen LogP contribution is -2.52.